The molecule has 0 spiro atoms. The molecule has 1 heterocycles. The molecule has 1 aromatic carbocycles. The smallest absolute Gasteiger partial charge is 0.236 e. The molecule has 0 aliphatic carbocycles. The molecule has 8 heteroatoms. The van der Waals surface area contributed by atoms with Gasteiger partial charge in [-0.3, -0.25) is 4.79 Å². The average Bonchev–Trinajstić information content (AvgIpc) is 2.79. The summed E-state index contributed by atoms with van der Waals surface area (Å²) >= 11 is 4.51. The van der Waals surface area contributed by atoms with Crippen molar-refractivity contribution < 1.29 is 13.9 Å². The topological polar surface area (TPSA) is 63.1 Å². The van der Waals surface area contributed by atoms with Crippen LogP contribution in [0, 0.1) is 5.82 Å². The number of rotatable bonds is 3. The van der Waals surface area contributed by atoms with Crippen LogP contribution >= 0.6 is 27.7 Å². The Morgan fingerprint density at radius 2 is 2.37 bits per heavy atom. The minimum atomic E-state index is -0.466. The number of nitrogens with one attached hydrogen (secondary N) is 1. The lowest BCUT2D eigenvalue weighted by Gasteiger charge is -2.04. The van der Waals surface area contributed by atoms with Gasteiger partial charge in [-0.15, -0.1) is 5.10 Å². The van der Waals surface area contributed by atoms with Gasteiger partial charge in [0.25, 0.3) is 0 Å². The number of methoxy groups -OCH3 is 1. The van der Waals surface area contributed by atoms with Gasteiger partial charge >= 0.3 is 0 Å². The van der Waals surface area contributed by atoms with Crippen LogP contribution in [0.15, 0.2) is 26.8 Å². The van der Waals surface area contributed by atoms with Crippen LogP contribution in [0.5, 0.6) is 5.75 Å². The maximum Gasteiger partial charge on any atom is 0.236 e. The maximum atomic E-state index is 13.7. The summed E-state index contributed by atoms with van der Waals surface area (Å²) in [7, 11) is 1.46. The van der Waals surface area contributed by atoms with Gasteiger partial charge in [0.2, 0.25) is 5.91 Å². The number of amides is 1. The molecule has 0 atom stereocenters. The molecule has 0 bridgehead atoms. The molecule has 0 radical (unpaired) electrons. The van der Waals surface area contributed by atoms with Gasteiger partial charge in [-0.25, -0.2) is 4.39 Å². The highest BCUT2D eigenvalue weighted by molar-refractivity contribution is 9.10. The lowest BCUT2D eigenvalue weighted by molar-refractivity contribution is -0.116. The fraction of sp³-hybridized carbons (Fsp3) is 0.182. The molecule has 5 nitrogen and oxygen atoms in total. The van der Waals surface area contributed by atoms with Crippen LogP contribution in [0.2, 0.25) is 0 Å². The van der Waals surface area contributed by atoms with E-state index in [-0.39, 0.29) is 11.5 Å². The molecule has 1 amide bonds. The van der Waals surface area contributed by atoms with Crippen molar-refractivity contribution in [1.29, 1.82) is 0 Å². The number of halogens is 2. The lowest BCUT2D eigenvalue weighted by Crippen LogP contribution is -2.19. The van der Waals surface area contributed by atoms with Gasteiger partial charge in [-0.2, -0.15) is 5.10 Å². The van der Waals surface area contributed by atoms with Crippen LogP contribution in [0.4, 0.5) is 4.39 Å². The molecule has 1 aromatic rings. The Bertz CT molecular complexity index is 577. The molecule has 2 rings (SSSR count). The Morgan fingerprint density at radius 1 is 1.58 bits per heavy atom. The van der Waals surface area contributed by atoms with Crippen molar-refractivity contribution in [3.05, 3.63) is 28.0 Å². The average molecular weight is 346 g/mol. The lowest BCUT2D eigenvalue weighted by atomic mass is 10.2. The van der Waals surface area contributed by atoms with E-state index in [1.165, 1.54) is 37.2 Å². The van der Waals surface area contributed by atoms with Gasteiger partial charge in [-0.05, 0) is 22.0 Å². The number of thioether (sulfide) groups is 1. The highest BCUT2D eigenvalue weighted by Crippen LogP contribution is 2.27. The van der Waals surface area contributed by atoms with E-state index in [4.69, 9.17) is 4.74 Å². The molecule has 1 fully saturated rings. The Kier molecular flexibility index (Phi) is 4.54. The van der Waals surface area contributed by atoms with Crippen molar-refractivity contribution in [2.45, 2.75) is 0 Å². The van der Waals surface area contributed by atoms with Crippen molar-refractivity contribution in [2.75, 3.05) is 12.9 Å². The van der Waals surface area contributed by atoms with E-state index >= 15 is 0 Å². The van der Waals surface area contributed by atoms with E-state index in [9.17, 15) is 9.18 Å². The predicted octanol–water partition coefficient (Wildman–Crippen LogP) is 2.15. The van der Waals surface area contributed by atoms with Crippen LogP contribution in [-0.2, 0) is 4.79 Å². The van der Waals surface area contributed by atoms with Crippen LogP contribution < -0.4 is 10.1 Å². The van der Waals surface area contributed by atoms with Crippen LogP contribution in [0.3, 0.4) is 0 Å². The fourth-order valence-corrected chi connectivity index (χ4v) is 2.48. The molecule has 0 unspecified atom stereocenters. The maximum absolute atomic E-state index is 13.7. The second-order valence-corrected chi connectivity index (χ2v) is 5.31. The molecule has 1 aliphatic rings. The van der Waals surface area contributed by atoms with Crippen molar-refractivity contribution >= 4 is 45.0 Å². The largest absolute Gasteiger partial charge is 0.495 e. The number of amidine groups is 1. The van der Waals surface area contributed by atoms with E-state index in [0.717, 1.165) is 0 Å². The normalized spacial score (nSPS) is 17.2. The quantitative estimate of drug-likeness (QED) is 0.674. The third kappa shape index (κ3) is 3.54. The van der Waals surface area contributed by atoms with Crippen molar-refractivity contribution in [3.63, 3.8) is 0 Å². The predicted molar refractivity (Wildman–Crippen MR) is 76.3 cm³/mol. The number of hydrogen-bond acceptors (Lipinski definition) is 5. The van der Waals surface area contributed by atoms with Crippen molar-refractivity contribution in [3.8, 4) is 5.75 Å². The third-order valence-corrected chi connectivity index (χ3v) is 3.69. The fourth-order valence-electron chi connectivity index (χ4n) is 1.32. The molecular weight excluding hydrogens is 337 g/mol. The van der Waals surface area contributed by atoms with Gasteiger partial charge in [0, 0.05) is 11.6 Å². The minimum absolute atomic E-state index is 0.114. The van der Waals surface area contributed by atoms with Crippen molar-refractivity contribution in [1.82, 2.24) is 5.32 Å². The molecule has 100 valence electrons. The zero-order valence-corrected chi connectivity index (χ0v) is 12.2. The van der Waals surface area contributed by atoms with Crippen LogP contribution in [-0.4, -0.2) is 30.2 Å². The zero-order chi connectivity index (χ0) is 13.8. The summed E-state index contributed by atoms with van der Waals surface area (Å²) in [4.78, 5) is 10.9. The number of hydrogen-bond donors (Lipinski definition) is 1. The standard InChI is InChI=1S/C11H9BrFN3O2S/c1-18-9-3-8(13)6(2-7(9)12)4-14-16-11-15-10(17)5-19-11/h2-4H,5H2,1H3,(H,15,16,17). The summed E-state index contributed by atoms with van der Waals surface area (Å²) in [5, 5.41) is 10.5. The third-order valence-electron chi connectivity index (χ3n) is 2.20. The monoisotopic (exact) mass is 345 g/mol. The second kappa shape index (κ2) is 6.16. The van der Waals surface area contributed by atoms with Crippen molar-refractivity contribution in [2.24, 2.45) is 10.2 Å². The number of nitrogens with zero attached hydrogens (tertiary/aromatic N) is 2. The van der Waals surface area contributed by atoms with Gasteiger partial charge in [0.15, 0.2) is 5.17 Å². The molecule has 19 heavy (non-hydrogen) atoms. The van der Waals surface area contributed by atoms with Gasteiger partial charge in [0.1, 0.15) is 11.6 Å². The summed E-state index contributed by atoms with van der Waals surface area (Å²) in [6, 6.07) is 2.79. The summed E-state index contributed by atoms with van der Waals surface area (Å²) in [6.45, 7) is 0. The summed E-state index contributed by atoms with van der Waals surface area (Å²) in [5.41, 5.74) is 0.270. The molecule has 1 aliphatic heterocycles. The first-order valence-electron chi connectivity index (χ1n) is 5.17. The van der Waals surface area contributed by atoms with Gasteiger partial charge in [0.05, 0.1) is 23.5 Å². The van der Waals surface area contributed by atoms with Gasteiger partial charge < -0.3 is 10.1 Å². The Hall–Kier alpha value is -1.41. The molecule has 1 saturated heterocycles. The highest BCUT2D eigenvalue weighted by atomic mass is 79.9. The summed E-state index contributed by atoms with van der Waals surface area (Å²) in [5.74, 6) is 0.153. The highest BCUT2D eigenvalue weighted by Gasteiger charge is 2.16. The van der Waals surface area contributed by atoms with E-state index in [1.54, 1.807) is 0 Å². The SMILES string of the molecule is COc1cc(F)c(C=NN=C2NC(=O)CS2)cc1Br. The number of carbonyl (C=O) groups excluding carboxylic acids is 1. The zero-order valence-electron chi connectivity index (χ0n) is 9.81. The van der Waals surface area contributed by atoms with Crippen LogP contribution in [0.1, 0.15) is 5.56 Å². The molecule has 0 aromatic heterocycles. The first-order valence-corrected chi connectivity index (χ1v) is 6.94. The van der Waals surface area contributed by atoms with E-state index < -0.39 is 5.82 Å². The molecule has 0 saturated carbocycles. The minimum Gasteiger partial charge on any atom is -0.495 e. The summed E-state index contributed by atoms with van der Waals surface area (Å²) in [6.07, 6.45) is 1.28. The van der Waals surface area contributed by atoms with E-state index in [2.05, 4.69) is 31.4 Å². The first kappa shape index (κ1) is 14.0. The van der Waals surface area contributed by atoms with E-state index in [0.29, 0.717) is 21.1 Å². The Balaban J connectivity index is 2.15. The Labute approximate surface area is 121 Å². The van der Waals surface area contributed by atoms with Gasteiger partial charge in [-0.1, -0.05) is 11.8 Å². The molecule has 1 N–H and O–H groups in total. The first-order chi connectivity index (χ1) is 9.10. The number of carbonyl (C=O) groups is 1. The Morgan fingerprint density at radius 3 is 3.00 bits per heavy atom. The molecular formula is C11H9BrFN3O2S. The number of ether oxygens (including phenoxy) is 1. The summed E-state index contributed by atoms with van der Waals surface area (Å²) < 4.78 is 19.3. The van der Waals surface area contributed by atoms with Crippen LogP contribution in [0.25, 0.3) is 0 Å². The van der Waals surface area contributed by atoms with E-state index in [1.807, 2.05) is 0 Å². The second-order valence-electron chi connectivity index (χ2n) is 3.49. The number of benzene rings is 1.